The number of aromatic amines is 1. The van der Waals surface area contributed by atoms with Gasteiger partial charge in [-0.25, -0.2) is 13.8 Å². The Balaban J connectivity index is 2.24. The van der Waals surface area contributed by atoms with Crippen LogP contribution in [0.4, 0.5) is 22.0 Å². The summed E-state index contributed by atoms with van der Waals surface area (Å²) in [7, 11) is 0. The largest absolute Gasteiger partial charge is 0.389 e. The van der Waals surface area contributed by atoms with Gasteiger partial charge < -0.3 is 4.98 Å². The minimum Gasteiger partial charge on any atom is -0.345 e. The average molecular weight is 350 g/mol. The molecule has 0 saturated carbocycles. The van der Waals surface area contributed by atoms with E-state index in [-0.39, 0.29) is 18.2 Å². The van der Waals surface area contributed by atoms with Crippen molar-refractivity contribution in [3.63, 3.8) is 0 Å². The summed E-state index contributed by atoms with van der Waals surface area (Å²) in [5.74, 6) is -1.23. The van der Waals surface area contributed by atoms with E-state index in [1.165, 1.54) is 0 Å². The topological polar surface area (TPSA) is 28.7 Å². The summed E-state index contributed by atoms with van der Waals surface area (Å²) in [6, 6.07) is 3.07. The van der Waals surface area contributed by atoms with Crippen LogP contribution in [0.2, 0.25) is 0 Å². The van der Waals surface area contributed by atoms with Crippen LogP contribution in [0.1, 0.15) is 37.7 Å². The van der Waals surface area contributed by atoms with Crippen molar-refractivity contribution in [2.75, 3.05) is 0 Å². The van der Waals surface area contributed by atoms with Crippen molar-refractivity contribution in [1.29, 1.82) is 0 Å². The highest BCUT2D eigenvalue weighted by Gasteiger charge is 2.27. The minimum absolute atomic E-state index is 0.0111. The molecule has 0 fully saturated rings. The third kappa shape index (κ3) is 5.23. The molecule has 0 aliphatic carbocycles. The fourth-order valence-corrected chi connectivity index (χ4v) is 3.09. The van der Waals surface area contributed by atoms with Gasteiger partial charge in [0.1, 0.15) is 22.5 Å². The van der Waals surface area contributed by atoms with Gasteiger partial charge in [0.25, 0.3) is 0 Å². The third-order valence-electron chi connectivity index (χ3n) is 3.02. The molecule has 0 atom stereocenters. The smallest absolute Gasteiger partial charge is 0.345 e. The van der Waals surface area contributed by atoms with E-state index in [0.717, 1.165) is 30.0 Å². The first-order chi connectivity index (χ1) is 10.6. The van der Waals surface area contributed by atoms with Gasteiger partial charge in [0.15, 0.2) is 0 Å². The van der Waals surface area contributed by atoms with E-state index in [2.05, 4.69) is 9.97 Å². The molecule has 23 heavy (non-hydrogen) atoms. The number of hydrogen-bond acceptors (Lipinski definition) is 2. The zero-order valence-electron chi connectivity index (χ0n) is 12.5. The van der Waals surface area contributed by atoms with Crippen LogP contribution in [-0.2, 0) is 6.42 Å². The minimum atomic E-state index is -4.26. The molecule has 0 unspecified atom stereocenters. The Hall–Kier alpha value is -1.57. The summed E-state index contributed by atoms with van der Waals surface area (Å²) in [5, 5.41) is 0.433. The molecule has 0 radical (unpaired) electrons. The molecule has 126 valence electrons. The molecule has 1 aromatic heterocycles. The van der Waals surface area contributed by atoms with E-state index in [0.29, 0.717) is 15.6 Å². The Morgan fingerprint density at radius 3 is 2.26 bits per heavy atom. The summed E-state index contributed by atoms with van der Waals surface area (Å²) in [5.41, 5.74) is 0.650. The number of benzene rings is 1. The monoisotopic (exact) mass is 350 g/mol. The lowest BCUT2D eigenvalue weighted by molar-refractivity contribution is -0.134. The van der Waals surface area contributed by atoms with Gasteiger partial charge in [0, 0.05) is 17.4 Å². The molecule has 1 aromatic carbocycles. The van der Waals surface area contributed by atoms with Crippen LogP contribution in [0.15, 0.2) is 28.1 Å². The highest BCUT2D eigenvalue weighted by atomic mass is 32.2. The molecule has 2 aromatic rings. The van der Waals surface area contributed by atoms with E-state index >= 15 is 0 Å². The van der Waals surface area contributed by atoms with Crippen molar-refractivity contribution in [3.8, 4) is 0 Å². The first-order valence-corrected chi connectivity index (χ1v) is 7.75. The molecule has 0 spiro atoms. The first-order valence-electron chi connectivity index (χ1n) is 6.93. The number of nitrogens with zero attached hydrogens (tertiary/aromatic N) is 1. The maximum atomic E-state index is 13.2. The second-order valence-electron chi connectivity index (χ2n) is 5.38. The van der Waals surface area contributed by atoms with Crippen molar-refractivity contribution in [2.45, 2.75) is 48.7 Å². The molecule has 2 nitrogen and oxygen atoms in total. The predicted molar refractivity (Wildman–Crippen MR) is 77.5 cm³/mol. The van der Waals surface area contributed by atoms with Gasteiger partial charge in [0.05, 0.1) is 12.1 Å². The number of nitrogens with one attached hydrogen (secondary N) is 1. The second-order valence-corrected chi connectivity index (χ2v) is 6.44. The zero-order valence-corrected chi connectivity index (χ0v) is 13.3. The molecule has 1 N–H and O–H groups in total. The first kappa shape index (κ1) is 17.8. The van der Waals surface area contributed by atoms with Gasteiger partial charge in [-0.05, 0) is 18.1 Å². The molecule has 8 heteroatoms. The van der Waals surface area contributed by atoms with Crippen LogP contribution < -0.4 is 0 Å². The van der Waals surface area contributed by atoms with Crippen LogP contribution >= 0.6 is 11.8 Å². The average Bonchev–Trinajstić information content (AvgIpc) is 2.77. The third-order valence-corrected chi connectivity index (χ3v) is 4.00. The van der Waals surface area contributed by atoms with Crippen molar-refractivity contribution in [1.82, 2.24) is 9.97 Å². The van der Waals surface area contributed by atoms with Gasteiger partial charge in [-0.1, -0.05) is 25.6 Å². The SMILES string of the molecule is CC(C)c1[nH]c(CCC(F)(F)F)nc1Sc1cc(F)cc(F)c1. The number of aromatic nitrogens is 2. The Kier molecular flexibility index (Phi) is 5.33. The molecule has 0 saturated heterocycles. The lowest BCUT2D eigenvalue weighted by Gasteiger charge is -2.05. The van der Waals surface area contributed by atoms with Crippen LogP contribution in [-0.4, -0.2) is 16.1 Å². The highest BCUT2D eigenvalue weighted by molar-refractivity contribution is 7.99. The molecule has 0 bridgehead atoms. The van der Waals surface area contributed by atoms with E-state index in [4.69, 9.17) is 0 Å². The Labute approximate surface area is 134 Å². The van der Waals surface area contributed by atoms with Crippen molar-refractivity contribution in [3.05, 3.63) is 41.4 Å². The quantitative estimate of drug-likeness (QED) is 0.726. The van der Waals surface area contributed by atoms with E-state index in [1.54, 1.807) is 0 Å². The van der Waals surface area contributed by atoms with Gasteiger partial charge in [0.2, 0.25) is 0 Å². The normalized spacial score (nSPS) is 12.2. The van der Waals surface area contributed by atoms with Gasteiger partial charge in [-0.2, -0.15) is 13.2 Å². The number of rotatable bonds is 5. The zero-order chi connectivity index (χ0) is 17.2. The molecule has 0 amide bonds. The number of alkyl halides is 3. The fourth-order valence-electron chi connectivity index (χ4n) is 1.97. The van der Waals surface area contributed by atoms with Crippen LogP contribution in [0.5, 0.6) is 0 Å². The van der Waals surface area contributed by atoms with Crippen LogP contribution in [0.3, 0.4) is 0 Å². The summed E-state index contributed by atoms with van der Waals surface area (Å²) < 4.78 is 63.4. The highest BCUT2D eigenvalue weighted by Crippen LogP contribution is 2.33. The van der Waals surface area contributed by atoms with Crippen molar-refractivity contribution in [2.24, 2.45) is 0 Å². The van der Waals surface area contributed by atoms with E-state index < -0.39 is 24.2 Å². The lowest BCUT2D eigenvalue weighted by atomic mass is 10.1. The Bertz CT molecular complexity index is 659. The number of imidazole rings is 1. The number of aryl methyl sites for hydroxylation is 1. The number of H-pyrrole nitrogens is 1. The van der Waals surface area contributed by atoms with E-state index in [9.17, 15) is 22.0 Å². The van der Waals surface area contributed by atoms with Crippen LogP contribution in [0, 0.1) is 11.6 Å². The maximum absolute atomic E-state index is 13.2. The summed E-state index contributed by atoms with van der Waals surface area (Å²) in [6.07, 6.45) is -5.50. The van der Waals surface area contributed by atoms with Gasteiger partial charge in [-0.15, -0.1) is 0 Å². The van der Waals surface area contributed by atoms with Crippen molar-refractivity contribution < 1.29 is 22.0 Å². The number of hydrogen-bond donors (Lipinski definition) is 1. The summed E-state index contributed by atoms with van der Waals surface area (Å²) in [4.78, 5) is 7.34. The molecular weight excluding hydrogens is 335 g/mol. The summed E-state index contributed by atoms with van der Waals surface area (Å²) >= 11 is 1.02. The standard InChI is InChI=1S/C15H15F5N2S/c1-8(2)13-14(22-12(21-13)3-4-15(18,19)20)23-11-6-9(16)5-10(17)7-11/h5-8H,3-4H2,1-2H3,(H,21,22). The van der Waals surface area contributed by atoms with Crippen molar-refractivity contribution >= 4 is 11.8 Å². The molecule has 2 rings (SSSR count). The molecular formula is C15H15F5N2S. The van der Waals surface area contributed by atoms with Gasteiger partial charge >= 0.3 is 6.18 Å². The fraction of sp³-hybridized carbons (Fsp3) is 0.400. The van der Waals surface area contributed by atoms with Crippen LogP contribution in [0.25, 0.3) is 0 Å². The second kappa shape index (κ2) is 6.90. The Morgan fingerprint density at radius 2 is 1.74 bits per heavy atom. The lowest BCUT2D eigenvalue weighted by Crippen LogP contribution is -2.09. The Morgan fingerprint density at radius 1 is 1.13 bits per heavy atom. The molecule has 1 heterocycles. The van der Waals surface area contributed by atoms with E-state index in [1.807, 2.05) is 13.8 Å². The number of halogens is 5. The van der Waals surface area contributed by atoms with Gasteiger partial charge in [-0.3, -0.25) is 0 Å². The maximum Gasteiger partial charge on any atom is 0.389 e. The molecule has 0 aliphatic heterocycles. The predicted octanol–water partition coefficient (Wildman–Crippen LogP) is 5.46. The molecule has 0 aliphatic rings. The summed E-state index contributed by atoms with van der Waals surface area (Å²) in [6.45, 7) is 3.72.